The van der Waals surface area contributed by atoms with Crippen LogP contribution in [0.2, 0.25) is 0 Å². The van der Waals surface area contributed by atoms with Gasteiger partial charge in [0, 0.05) is 0 Å². The summed E-state index contributed by atoms with van der Waals surface area (Å²) in [6, 6.07) is 9.27. The largest absolute Gasteiger partial charge is 0.480 e. The van der Waals surface area contributed by atoms with Crippen LogP contribution in [0.15, 0.2) is 30.3 Å². The Hall–Kier alpha value is -1.35. The Kier molecular flexibility index (Phi) is 4.07. The van der Waals surface area contributed by atoms with E-state index in [0.717, 1.165) is 6.42 Å². The van der Waals surface area contributed by atoms with Crippen molar-refractivity contribution >= 4 is 5.97 Å². The van der Waals surface area contributed by atoms with E-state index < -0.39 is 12.0 Å². The van der Waals surface area contributed by atoms with Crippen molar-refractivity contribution in [3.63, 3.8) is 0 Å². The number of carbonyl (C=O) groups is 1. The number of carboxylic acids is 1. The first-order valence-electron chi connectivity index (χ1n) is 5.43. The number of hydrogen-bond donors (Lipinski definition) is 2. The summed E-state index contributed by atoms with van der Waals surface area (Å²) in [7, 11) is 0. The average Bonchev–Trinajstić information content (AvgIpc) is 2.17. The van der Waals surface area contributed by atoms with E-state index in [9.17, 15) is 4.79 Å². The molecule has 0 radical (unpaired) electrons. The average molecular weight is 221 g/mol. The third-order valence-corrected chi connectivity index (χ3v) is 2.62. The smallest absolute Gasteiger partial charge is 0.320 e. The minimum Gasteiger partial charge on any atom is -0.480 e. The molecule has 1 rings (SSSR count). The van der Waals surface area contributed by atoms with Gasteiger partial charge < -0.3 is 10.8 Å². The zero-order valence-corrected chi connectivity index (χ0v) is 9.81. The molecule has 16 heavy (non-hydrogen) atoms. The first-order chi connectivity index (χ1) is 7.41. The second kappa shape index (κ2) is 5.12. The van der Waals surface area contributed by atoms with Crippen LogP contribution < -0.4 is 5.73 Å². The predicted octanol–water partition coefficient (Wildman–Crippen LogP) is 2.06. The van der Waals surface area contributed by atoms with Crippen LogP contribution in [-0.4, -0.2) is 17.1 Å². The van der Waals surface area contributed by atoms with E-state index in [1.165, 1.54) is 5.56 Å². The van der Waals surface area contributed by atoms with E-state index in [-0.39, 0.29) is 5.41 Å². The first-order valence-corrected chi connectivity index (χ1v) is 5.43. The fourth-order valence-electron chi connectivity index (χ4n) is 1.90. The number of nitrogens with two attached hydrogens (primary N) is 1. The maximum absolute atomic E-state index is 10.7. The SMILES string of the molecule is CC(C)(Cc1ccccc1)C[C@H](N)C(=O)O. The Morgan fingerprint density at radius 1 is 1.38 bits per heavy atom. The molecule has 1 atom stereocenters. The Labute approximate surface area is 96.3 Å². The molecule has 0 aliphatic carbocycles. The summed E-state index contributed by atoms with van der Waals surface area (Å²) in [5.74, 6) is -0.930. The summed E-state index contributed by atoms with van der Waals surface area (Å²) in [5, 5.41) is 8.79. The van der Waals surface area contributed by atoms with Crippen molar-refractivity contribution in [2.24, 2.45) is 11.1 Å². The lowest BCUT2D eigenvalue weighted by molar-refractivity contribution is -0.139. The van der Waals surface area contributed by atoms with Gasteiger partial charge in [-0.05, 0) is 23.8 Å². The van der Waals surface area contributed by atoms with Crippen molar-refractivity contribution in [1.82, 2.24) is 0 Å². The van der Waals surface area contributed by atoms with Gasteiger partial charge in [-0.15, -0.1) is 0 Å². The normalized spacial score (nSPS) is 13.4. The third-order valence-electron chi connectivity index (χ3n) is 2.62. The molecule has 88 valence electrons. The van der Waals surface area contributed by atoms with Gasteiger partial charge in [0.05, 0.1) is 0 Å². The number of benzene rings is 1. The van der Waals surface area contributed by atoms with Crippen molar-refractivity contribution in [3.8, 4) is 0 Å². The summed E-state index contributed by atoms with van der Waals surface area (Å²) in [6.45, 7) is 4.09. The van der Waals surface area contributed by atoms with Crippen molar-refractivity contribution < 1.29 is 9.90 Å². The summed E-state index contributed by atoms with van der Waals surface area (Å²) in [6.07, 6.45) is 1.33. The lowest BCUT2D eigenvalue weighted by Crippen LogP contribution is -2.35. The Bertz CT molecular complexity index is 346. The molecule has 3 N–H and O–H groups in total. The molecule has 0 unspecified atom stereocenters. The maximum atomic E-state index is 10.7. The van der Waals surface area contributed by atoms with Crippen molar-refractivity contribution in [1.29, 1.82) is 0 Å². The molecule has 1 aromatic rings. The van der Waals surface area contributed by atoms with Crippen molar-refractivity contribution in [2.45, 2.75) is 32.7 Å². The highest BCUT2D eigenvalue weighted by molar-refractivity contribution is 5.73. The van der Waals surface area contributed by atoms with Gasteiger partial charge in [-0.2, -0.15) is 0 Å². The Morgan fingerprint density at radius 3 is 2.44 bits per heavy atom. The molecule has 0 heterocycles. The van der Waals surface area contributed by atoms with Gasteiger partial charge in [-0.1, -0.05) is 44.2 Å². The molecule has 3 heteroatoms. The van der Waals surface area contributed by atoms with Gasteiger partial charge in [0.25, 0.3) is 0 Å². The maximum Gasteiger partial charge on any atom is 0.320 e. The molecule has 0 bridgehead atoms. The highest BCUT2D eigenvalue weighted by atomic mass is 16.4. The Balaban J connectivity index is 2.61. The van der Waals surface area contributed by atoms with Crippen LogP contribution in [0.1, 0.15) is 25.8 Å². The number of rotatable bonds is 5. The van der Waals surface area contributed by atoms with Crippen molar-refractivity contribution in [2.75, 3.05) is 0 Å². The van der Waals surface area contributed by atoms with Crippen molar-refractivity contribution in [3.05, 3.63) is 35.9 Å². The summed E-state index contributed by atoms with van der Waals surface area (Å²) < 4.78 is 0. The summed E-state index contributed by atoms with van der Waals surface area (Å²) >= 11 is 0. The molecule has 0 saturated carbocycles. The van der Waals surface area contributed by atoms with Crippen LogP contribution in [0.4, 0.5) is 0 Å². The van der Waals surface area contributed by atoms with E-state index in [0.29, 0.717) is 6.42 Å². The Morgan fingerprint density at radius 2 is 1.94 bits per heavy atom. The van der Waals surface area contributed by atoms with Gasteiger partial charge in [-0.3, -0.25) is 4.79 Å². The van der Waals surface area contributed by atoms with E-state index in [1.807, 2.05) is 44.2 Å². The lowest BCUT2D eigenvalue weighted by Gasteiger charge is -2.26. The van der Waals surface area contributed by atoms with Gasteiger partial charge in [0.1, 0.15) is 6.04 Å². The topological polar surface area (TPSA) is 63.3 Å². The summed E-state index contributed by atoms with van der Waals surface area (Å²) in [5.41, 5.74) is 6.67. The molecule has 0 spiro atoms. The van der Waals surface area contributed by atoms with Gasteiger partial charge in [-0.25, -0.2) is 0 Å². The molecular weight excluding hydrogens is 202 g/mol. The molecule has 0 saturated heterocycles. The second-order valence-electron chi connectivity index (χ2n) is 4.98. The molecule has 0 aliphatic heterocycles. The van der Waals surface area contributed by atoms with Gasteiger partial charge in [0.15, 0.2) is 0 Å². The zero-order chi connectivity index (χ0) is 12.2. The standard InChI is InChI=1S/C13H19NO2/c1-13(2,9-11(14)12(15)16)8-10-6-4-3-5-7-10/h3-7,11H,8-9,14H2,1-2H3,(H,15,16)/t11-/m0/s1. The molecule has 1 aromatic carbocycles. The first kappa shape index (κ1) is 12.7. The molecule has 3 nitrogen and oxygen atoms in total. The second-order valence-corrected chi connectivity index (χ2v) is 4.98. The fraction of sp³-hybridized carbons (Fsp3) is 0.462. The quantitative estimate of drug-likeness (QED) is 0.800. The predicted molar refractivity (Wildman–Crippen MR) is 64.2 cm³/mol. The monoisotopic (exact) mass is 221 g/mol. The highest BCUT2D eigenvalue weighted by Gasteiger charge is 2.25. The van der Waals surface area contributed by atoms with Gasteiger partial charge >= 0.3 is 5.97 Å². The molecule has 0 aliphatic rings. The third kappa shape index (κ3) is 4.03. The minimum atomic E-state index is -0.930. The van der Waals surface area contributed by atoms with Gasteiger partial charge in [0.2, 0.25) is 0 Å². The van der Waals surface area contributed by atoms with Crippen LogP contribution >= 0.6 is 0 Å². The molecule has 0 aromatic heterocycles. The number of aliphatic carboxylic acids is 1. The molecular formula is C13H19NO2. The van der Waals surface area contributed by atoms with E-state index >= 15 is 0 Å². The van der Waals surface area contributed by atoms with Crippen LogP contribution in [0.5, 0.6) is 0 Å². The molecule has 0 fully saturated rings. The van der Waals surface area contributed by atoms with Crippen LogP contribution in [0.25, 0.3) is 0 Å². The minimum absolute atomic E-state index is 0.0981. The van der Waals surface area contributed by atoms with E-state index in [1.54, 1.807) is 0 Å². The van der Waals surface area contributed by atoms with E-state index in [4.69, 9.17) is 10.8 Å². The zero-order valence-electron chi connectivity index (χ0n) is 9.81. The van der Waals surface area contributed by atoms with Crippen LogP contribution in [0, 0.1) is 5.41 Å². The number of hydrogen-bond acceptors (Lipinski definition) is 2. The number of carboxylic acid groups (broad SMARTS) is 1. The fourth-order valence-corrected chi connectivity index (χ4v) is 1.90. The van der Waals surface area contributed by atoms with E-state index in [2.05, 4.69) is 0 Å². The highest BCUT2D eigenvalue weighted by Crippen LogP contribution is 2.26. The summed E-state index contributed by atoms with van der Waals surface area (Å²) in [4.78, 5) is 10.7. The molecule has 0 amide bonds. The lowest BCUT2D eigenvalue weighted by atomic mass is 9.80. The van der Waals surface area contributed by atoms with Crippen LogP contribution in [-0.2, 0) is 11.2 Å². The van der Waals surface area contributed by atoms with Crippen LogP contribution in [0.3, 0.4) is 0 Å².